The molecular weight excluding hydrogens is 380 g/mol. The van der Waals surface area contributed by atoms with Crippen LogP contribution in [0.15, 0.2) is 45.7 Å². The summed E-state index contributed by atoms with van der Waals surface area (Å²) in [5.41, 5.74) is 1.09. The summed E-state index contributed by atoms with van der Waals surface area (Å²) < 4.78 is 7.45. The number of aliphatic hydroxyl groups is 1. The van der Waals surface area contributed by atoms with Gasteiger partial charge in [-0.1, -0.05) is 30.2 Å². The molecule has 3 rings (SSSR count). The number of halogens is 1. The maximum Gasteiger partial charge on any atom is 0.257 e. The zero-order chi connectivity index (χ0) is 20.1. The first-order valence-electron chi connectivity index (χ1n) is 9.25. The molecule has 3 aromatic rings. The number of hydrogen-bond acceptors (Lipinski definition) is 4. The number of hydrogen-bond donors (Lipinski definition) is 2. The third kappa shape index (κ3) is 4.64. The first-order chi connectivity index (χ1) is 13.5. The van der Waals surface area contributed by atoms with E-state index in [0.717, 1.165) is 24.8 Å². The number of nitrogens with zero attached hydrogens (tertiary/aromatic N) is 1. The normalized spacial score (nSPS) is 11.1. The van der Waals surface area contributed by atoms with E-state index < -0.39 is 5.91 Å². The molecular formula is C21H23ClN2O4. The van der Waals surface area contributed by atoms with E-state index in [9.17, 15) is 9.59 Å². The van der Waals surface area contributed by atoms with Crippen molar-refractivity contribution in [3.8, 4) is 0 Å². The second-order valence-corrected chi connectivity index (χ2v) is 7.19. The van der Waals surface area contributed by atoms with Crippen molar-refractivity contribution in [3.05, 3.63) is 68.7 Å². The van der Waals surface area contributed by atoms with Crippen LogP contribution < -0.4 is 10.7 Å². The lowest BCUT2D eigenvalue weighted by molar-refractivity contribution is 0.0949. The molecule has 2 N–H and O–H groups in total. The fourth-order valence-electron chi connectivity index (χ4n) is 3.06. The van der Waals surface area contributed by atoms with Crippen molar-refractivity contribution in [2.24, 2.45) is 7.05 Å². The number of amides is 1. The molecule has 0 aliphatic heterocycles. The Morgan fingerprint density at radius 3 is 2.68 bits per heavy atom. The third-order valence-electron chi connectivity index (χ3n) is 4.59. The standard InChI is InChI=1S/C21H23ClN2O4/c1-24-13-18(20(27)23-12-14-6-8-15(22)9-7-14)19(26)17-11-16(28-21(17)24)5-3-2-4-10-25/h6-9,11,13,25H,2-5,10,12H2,1H3,(H,23,27). The van der Waals surface area contributed by atoms with E-state index in [0.29, 0.717) is 34.8 Å². The number of aromatic nitrogens is 1. The average Bonchev–Trinajstić information content (AvgIpc) is 3.12. The fourth-order valence-corrected chi connectivity index (χ4v) is 3.19. The van der Waals surface area contributed by atoms with Crippen LogP contribution in [-0.4, -0.2) is 22.2 Å². The Hall–Kier alpha value is -2.57. The molecule has 0 aliphatic carbocycles. The number of pyridine rings is 1. The summed E-state index contributed by atoms with van der Waals surface area (Å²) in [6.07, 6.45) is 4.70. The van der Waals surface area contributed by atoms with Crippen LogP contribution in [0.3, 0.4) is 0 Å². The number of nitrogens with one attached hydrogen (secondary N) is 1. The van der Waals surface area contributed by atoms with E-state index in [2.05, 4.69) is 5.32 Å². The summed E-state index contributed by atoms with van der Waals surface area (Å²) in [6.45, 7) is 0.479. The van der Waals surface area contributed by atoms with E-state index in [1.807, 2.05) is 12.1 Å². The number of aryl methyl sites for hydroxylation is 2. The Balaban J connectivity index is 1.77. The van der Waals surface area contributed by atoms with E-state index >= 15 is 0 Å². The van der Waals surface area contributed by atoms with Gasteiger partial charge in [-0.05, 0) is 36.6 Å². The smallest absolute Gasteiger partial charge is 0.257 e. The van der Waals surface area contributed by atoms with Crippen molar-refractivity contribution >= 4 is 28.6 Å². The van der Waals surface area contributed by atoms with Crippen molar-refractivity contribution in [2.75, 3.05) is 6.61 Å². The second kappa shape index (κ2) is 9.08. The van der Waals surface area contributed by atoms with Crippen molar-refractivity contribution < 1.29 is 14.3 Å². The van der Waals surface area contributed by atoms with Gasteiger partial charge in [-0.2, -0.15) is 0 Å². The molecule has 28 heavy (non-hydrogen) atoms. The molecule has 148 valence electrons. The molecule has 7 heteroatoms. The van der Waals surface area contributed by atoms with E-state index in [1.165, 1.54) is 6.20 Å². The largest absolute Gasteiger partial charge is 0.444 e. The van der Waals surface area contributed by atoms with Crippen LogP contribution in [-0.2, 0) is 20.0 Å². The first kappa shape index (κ1) is 20.2. The molecule has 0 bridgehead atoms. The summed E-state index contributed by atoms with van der Waals surface area (Å²) >= 11 is 5.86. The minimum Gasteiger partial charge on any atom is -0.444 e. The highest BCUT2D eigenvalue weighted by molar-refractivity contribution is 6.30. The SMILES string of the molecule is Cn1cc(C(=O)NCc2ccc(Cl)cc2)c(=O)c2cc(CCCCCO)oc21. The highest BCUT2D eigenvalue weighted by atomic mass is 35.5. The van der Waals surface area contributed by atoms with Crippen LogP contribution in [0.5, 0.6) is 0 Å². The molecule has 1 aromatic carbocycles. The van der Waals surface area contributed by atoms with Gasteiger partial charge in [0.1, 0.15) is 11.3 Å². The van der Waals surface area contributed by atoms with E-state index in [1.54, 1.807) is 29.8 Å². The summed E-state index contributed by atoms with van der Waals surface area (Å²) in [5, 5.41) is 12.7. The third-order valence-corrected chi connectivity index (χ3v) is 4.84. The molecule has 2 aromatic heterocycles. The van der Waals surface area contributed by atoms with Crippen molar-refractivity contribution in [1.29, 1.82) is 0 Å². The molecule has 6 nitrogen and oxygen atoms in total. The Morgan fingerprint density at radius 2 is 1.96 bits per heavy atom. The Labute approximate surface area is 167 Å². The first-order valence-corrected chi connectivity index (χ1v) is 9.63. The highest BCUT2D eigenvalue weighted by Gasteiger charge is 2.17. The number of furan rings is 1. The highest BCUT2D eigenvalue weighted by Crippen LogP contribution is 2.19. The average molecular weight is 403 g/mol. The lowest BCUT2D eigenvalue weighted by atomic mass is 10.1. The molecule has 0 atom stereocenters. The van der Waals surface area contributed by atoms with Crippen LogP contribution in [0.4, 0.5) is 0 Å². The number of fused-ring (bicyclic) bond motifs is 1. The van der Waals surface area contributed by atoms with Gasteiger partial charge in [0.15, 0.2) is 0 Å². The van der Waals surface area contributed by atoms with Crippen LogP contribution in [0.2, 0.25) is 5.02 Å². The molecule has 1 amide bonds. The molecule has 0 unspecified atom stereocenters. The molecule has 0 aliphatic rings. The van der Waals surface area contributed by atoms with Crippen LogP contribution in [0, 0.1) is 0 Å². The number of rotatable bonds is 8. The molecule has 0 saturated heterocycles. The Morgan fingerprint density at radius 1 is 1.21 bits per heavy atom. The summed E-state index contributed by atoms with van der Waals surface area (Å²) in [5.74, 6) is 0.280. The fraction of sp³-hybridized carbons (Fsp3) is 0.333. The maximum atomic E-state index is 12.8. The van der Waals surface area contributed by atoms with Crippen LogP contribution in [0.25, 0.3) is 11.1 Å². The Kier molecular flexibility index (Phi) is 6.54. The molecule has 0 radical (unpaired) electrons. The van der Waals surface area contributed by atoms with Gasteiger partial charge in [-0.15, -0.1) is 0 Å². The van der Waals surface area contributed by atoms with Gasteiger partial charge in [-0.3, -0.25) is 9.59 Å². The summed E-state index contributed by atoms with van der Waals surface area (Å²) in [6, 6.07) is 8.86. The molecule has 0 spiro atoms. The van der Waals surface area contributed by atoms with Gasteiger partial charge in [0, 0.05) is 37.8 Å². The maximum absolute atomic E-state index is 12.8. The van der Waals surface area contributed by atoms with E-state index in [4.69, 9.17) is 21.1 Å². The van der Waals surface area contributed by atoms with E-state index in [-0.39, 0.29) is 17.6 Å². The molecule has 2 heterocycles. The summed E-state index contributed by atoms with van der Waals surface area (Å²) in [4.78, 5) is 25.3. The predicted molar refractivity (Wildman–Crippen MR) is 109 cm³/mol. The monoisotopic (exact) mass is 402 g/mol. The number of carbonyl (C=O) groups excluding carboxylic acids is 1. The lowest BCUT2D eigenvalue weighted by Crippen LogP contribution is -2.29. The number of carbonyl (C=O) groups is 1. The van der Waals surface area contributed by atoms with Crippen molar-refractivity contribution in [1.82, 2.24) is 9.88 Å². The zero-order valence-electron chi connectivity index (χ0n) is 15.7. The molecule has 0 fully saturated rings. The van der Waals surface area contributed by atoms with Crippen LogP contribution in [0.1, 0.15) is 40.9 Å². The number of benzene rings is 1. The Bertz CT molecular complexity index is 1020. The van der Waals surface area contributed by atoms with Crippen LogP contribution >= 0.6 is 11.6 Å². The second-order valence-electron chi connectivity index (χ2n) is 6.76. The minimum atomic E-state index is -0.428. The van der Waals surface area contributed by atoms with Gasteiger partial charge >= 0.3 is 0 Å². The zero-order valence-corrected chi connectivity index (χ0v) is 16.5. The van der Waals surface area contributed by atoms with Gasteiger partial charge in [0.2, 0.25) is 11.1 Å². The number of aliphatic hydroxyl groups excluding tert-OH is 1. The lowest BCUT2D eigenvalue weighted by Gasteiger charge is -2.07. The molecule has 0 saturated carbocycles. The predicted octanol–water partition coefficient (Wildman–Crippen LogP) is 3.42. The van der Waals surface area contributed by atoms with Gasteiger partial charge in [0.25, 0.3) is 5.91 Å². The topological polar surface area (TPSA) is 84.5 Å². The van der Waals surface area contributed by atoms with Gasteiger partial charge in [0.05, 0.1) is 5.39 Å². The van der Waals surface area contributed by atoms with Crippen molar-refractivity contribution in [3.63, 3.8) is 0 Å². The minimum absolute atomic E-state index is 0.0802. The van der Waals surface area contributed by atoms with Gasteiger partial charge < -0.3 is 19.4 Å². The van der Waals surface area contributed by atoms with Gasteiger partial charge in [-0.25, -0.2) is 0 Å². The van der Waals surface area contributed by atoms with Crippen molar-refractivity contribution in [2.45, 2.75) is 32.2 Å². The number of unbranched alkanes of at least 4 members (excludes halogenated alkanes) is 2. The summed E-state index contributed by atoms with van der Waals surface area (Å²) in [7, 11) is 1.75. The quantitative estimate of drug-likeness (QED) is 0.565.